The largest absolute Gasteiger partial charge is 0.319 e. The number of aryl methyl sites for hydroxylation is 1. The molecule has 4 heteroatoms. The zero-order valence-corrected chi connectivity index (χ0v) is 8.29. The highest BCUT2D eigenvalue weighted by Crippen LogP contribution is 1.92. The Balaban J connectivity index is 2.97. The van der Waals surface area contributed by atoms with E-state index in [-0.39, 0.29) is 5.56 Å². The standard InChI is InChI=1S/C9H15N3O/c1-7-11-6-8(4-5-10-2)9(13)12(7)3/h6,10H,4-5H2,1-3H3. The van der Waals surface area contributed by atoms with E-state index in [4.69, 9.17) is 0 Å². The average Bonchev–Trinajstić information content (AvgIpc) is 2.13. The molecule has 0 aromatic carbocycles. The van der Waals surface area contributed by atoms with E-state index in [2.05, 4.69) is 10.3 Å². The fourth-order valence-corrected chi connectivity index (χ4v) is 1.11. The molecule has 0 fully saturated rings. The van der Waals surface area contributed by atoms with Gasteiger partial charge >= 0.3 is 0 Å². The van der Waals surface area contributed by atoms with Crippen molar-refractivity contribution in [2.75, 3.05) is 13.6 Å². The zero-order valence-electron chi connectivity index (χ0n) is 8.29. The summed E-state index contributed by atoms with van der Waals surface area (Å²) in [4.78, 5) is 15.7. The maximum Gasteiger partial charge on any atom is 0.256 e. The van der Waals surface area contributed by atoms with Gasteiger partial charge in [0.15, 0.2) is 0 Å². The van der Waals surface area contributed by atoms with Gasteiger partial charge < -0.3 is 5.32 Å². The van der Waals surface area contributed by atoms with Crippen molar-refractivity contribution in [3.05, 3.63) is 27.9 Å². The topological polar surface area (TPSA) is 46.9 Å². The molecule has 0 spiro atoms. The molecule has 1 aromatic heterocycles. The lowest BCUT2D eigenvalue weighted by Crippen LogP contribution is -2.26. The Morgan fingerprint density at radius 3 is 2.92 bits per heavy atom. The van der Waals surface area contributed by atoms with Crippen LogP contribution >= 0.6 is 0 Å². The quantitative estimate of drug-likeness (QED) is 0.705. The molecular weight excluding hydrogens is 166 g/mol. The molecule has 0 radical (unpaired) electrons. The van der Waals surface area contributed by atoms with Crippen LogP contribution in [0.3, 0.4) is 0 Å². The Kier molecular flexibility index (Phi) is 3.19. The fourth-order valence-electron chi connectivity index (χ4n) is 1.11. The number of hydrogen-bond acceptors (Lipinski definition) is 3. The molecule has 0 aliphatic heterocycles. The van der Waals surface area contributed by atoms with Gasteiger partial charge in [-0.05, 0) is 26.9 Å². The minimum atomic E-state index is 0.0581. The zero-order chi connectivity index (χ0) is 9.84. The third-order valence-corrected chi connectivity index (χ3v) is 2.12. The Bertz CT molecular complexity index is 343. The van der Waals surface area contributed by atoms with Crippen LogP contribution in [0.2, 0.25) is 0 Å². The predicted molar refractivity (Wildman–Crippen MR) is 51.8 cm³/mol. The van der Waals surface area contributed by atoms with E-state index in [1.165, 1.54) is 0 Å². The molecule has 72 valence electrons. The first-order valence-electron chi connectivity index (χ1n) is 4.33. The van der Waals surface area contributed by atoms with Crippen LogP contribution < -0.4 is 10.9 Å². The molecule has 0 atom stereocenters. The molecule has 0 aliphatic carbocycles. The van der Waals surface area contributed by atoms with Crippen LogP contribution in [0.15, 0.2) is 11.0 Å². The normalized spacial score (nSPS) is 10.4. The second-order valence-corrected chi connectivity index (χ2v) is 3.05. The first-order chi connectivity index (χ1) is 6.16. The summed E-state index contributed by atoms with van der Waals surface area (Å²) in [6.07, 6.45) is 2.39. The van der Waals surface area contributed by atoms with Crippen LogP contribution in [0.4, 0.5) is 0 Å². The van der Waals surface area contributed by atoms with Gasteiger partial charge in [0.2, 0.25) is 0 Å². The number of nitrogens with zero attached hydrogens (tertiary/aromatic N) is 2. The van der Waals surface area contributed by atoms with E-state index in [9.17, 15) is 4.79 Å². The monoisotopic (exact) mass is 181 g/mol. The molecule has 1 N–H and O–H groups in total. The number of aromatic nitrogens is 2. The van der Waals surface area contributed by atoms with Crippen molar-refractivity contribution in [3.63, 3.8) is 0 Å². The molecule has 0 saturated carbocycles. The van der Waals surface area contributed by atoms with Crippen LogP contribution in [0.5, 0.6) is 0 Å². The first kappa shape index (κ1) is 9.92. The van der Waals surface area contributed by atoms with Crippen LogP contribution in [-0.2, 0) is 13.5 Å². The van der Waals surface area contributed by atoms with Crippen molar-refractivity contribution >= 4 is 0 Å². The molecule has 1 aromatic rings. The Hall–Kier alpha value is -1.16. The van der Waals surface area contributed by atoms with Crippen molar-refractivity contribution in [1.82, 2.24) is 14.9 Å². The molecule has 13 heavy (non-hydrogen) atoms. The van der Waals surface area contributed by atoms with E-state index in [1.54, 1.807) is 17.8 Å². The van der Waals surface area contributed by atoms with Crippen molar-refractivity contribution in [2.45, 2.75) is 13.3 Å². The number of rotatable bonds is 3. The lowest BCUT2D eigenvalue weighted by molar-refractivity contribution is 0.725. The molecule has 0 unspecified atom stereocenters. The van der Waals surface area contributed by atoms with Gasteiger partial charge in [0.25, 0.3) is 5.56 Å². The Labute approximate surface area is 77.6 Å². The third kappa shape index (κ3) is 2.15. The molecule has 0 aliphatic rings. The van der Waals surface area contributed by atoms with Crippen molar-refractivity contribution in [3.8, 4) is 0 Å². The lowest BCUT2D eigenvalue weighted by atomic mass is 10.2. The molecule has 1 heterocycles. The summed E-state index contributed by atoms with van der Waals surface area (Å²) in [7, 11) is 3.61. The Morgan fingerprint density at radius 1 is 1.62 bits per heavy atom. The van der Waals surface area contributed by atoms with Gasteiger partial charge in [0, 0.05) is 18.8 Å². The van der Waals surface area contributed by atoms with Crippen LogP contribution in [-0.4, -0.2) is 23.1 Å². The molecule has 0 bridgehead atoms. The number of hydrogen-bond donors (Lipinski definition) is 1. The third-order valence-electron chi connectivity index (χ3n) is 2.12. The van der Waals surface area contributed by atoms with E-state index in [0.29, 0.717) is 0 Å². The molecule has 4 nitrogen and oxygen atoms in total. The SMILES string of the molecule is CNCCc1cnc(C)n(C)c1=O. The summed E-state index contributed by atoms with van der Waals surface area (Å²) in [5, 5.41) is 3.00. The van der Waals surface area contributed by atoms with E-state index < -0.39 is 0 Å². The van der Waals surface area contributed by atoms with Gasteiger partial charge in [-0.15, -0.1) is 0 Å². The fraction of sp³-hybridized carbons (Fsp3) is 0.556. The van der Waals surface area contributed by atoms with Gasteiger partial charge in [-0.1, -0.05) is 0 Å². The molecule has 0 amide bonds. The van der Waals surface area contributed by atoms with Crippen LogP contribution in [0.1, 0.15) is 11.4 Å². The van der Waals surface area contributed by atoms with Crippen molar-refractivity contribution in [2.24, 2.45) is 7.05 Å². The minimum Gasteiger partial charge on any atom is -0.319 e. The summed E-state index contributed by atoms with van der Waals surface area (Å²) in [5.41, 5.74) is 0.824. The average molecular weight is 181 g/mol. The van der Waals surface area contributed by atoms with Crippen LogP contribution in [0, 0.1) is 6.92 Å². The minimum absolute atomic E-state index is 0.0581. The smallest absolute Gasteiger partial charge is 0.256 e. The molecule has 1 rings (SSSR count). The maximum atomic E-state index is 11.6. The summed E-state index contributed by atoms with van der Waals surface area (Å²) >= 11 is 0. The first-order valence-corrected chi connectivity index (χ1v) is 4.33. The summed E-state index contributed by atoms with van der Waals surface area (Å²) < 4.78 is 1.57. The summed E-state index contributed by atoms with van der Waals surface area (Å²) in [6.45, 7) is 2.63. The highest BCUT2D eigenvalue weighted by molar-refractivity contribution is 5.07. The lowest BCUT2D eigenvalue weighted by Gasteiger charge is -2.05. The highest BCUT2D eigenvalue weighted by atomic mass is 16.1. The second kappa shape index (κ2) is 4.18. The number of nitrogens with one attached hydrogen (secondary N) is 1. The number of likely N-dealkylation sites (N-methyl/N-ethyl adjacent to an activating group) is 1. The van der Waals surface area contributed by atoms with E-state index in [0.717, 1.165) is 24.4 Å². The van der Waals surface area contributed by atoms with E-state index in [1.807, 2.05) is 14.0 Å². The van der Waals surface area contributed by atoms with Gasteiger partial charge in [0.1, 0.15) is 5.82 Å². The molecular formula is C9H15N3O. The van der Waals surface area contributed by atoms with Crippen molar-refractivity contribution in [1.29, 1.82) is 0 Å². The molecule has 0 saturated heterocycles. The van der Waals surface area contributed by atoms with Gasteiger partial charge in [-0.2, -0.15) is 0 Å². The summed E-state index contributed by atoms with van der Waals surface area (Å²) in [5.74, 6) is 0.748. The van der Waals surface area contributed by atoms with Crippen LogP contribution in [0.25, 0.3) is 0 Å². The summed E-state index contributed by atoms with van der Waals surface area (Å²) in [6, 6.07) is 0. The van der Waals surface area contributed by atoms with E-state index >= 15 is 0 Å². The Morgan fingerprint density at radius 2 is 2.31 bits per heavy atom. The highest BCUT2D eigenvalue weighted by Gasteiger charge is 2.02. The van der Waals surface area contributed by atoms with Gasteiger partial charge in [-0.3, -0.25) is 9.36 Å². The second-order valence-electron chi connectivity index (χ2n) is 3.05. The maximum absolute atomic E-state index is 11.6. The van der Waals surface area contributed by atoms with Gasteiger partial charge in [-0.25, -0.2) is 4.98 Å². The van der Waals surface area contributed by atoms with Gasteiger partial charge in [0.05, 0.1) is 0 Å². The van der Waals surface area contributed by atoms with Crippen molar-refractivity contribution < 1.29 is 0 Å². The predicted octanol–water partition coefficient (Wildman–Crippen LogP) is -0.149.